The summed E-state index contributed by atoms with van der Waals surface area (Å²) in [6, 6.07) is 0. The van der Waals surface area contributed by atoms with Crippen LogP contribution in [0.3, 0.4) is 0 Å². The van der Waals surface area contributed by atoms with Gasteiger partial charge in [0.25, 0.3) is 0 Å². The van der Waals surface area contributed by atoms with Gasteiger partial charge in [0.1, 0.15) is 0 Å². The van der Waals surface area contributed by atoms with Crippen LogP contribution < -0.4 is 5.32 Å². The molecular formula is C13H22N2OS. The van der Waals surface area contributed by atoms with Gasteiger partial charge >= 0.3 is 0 Å². The van der Waals surface area contributed by atoms with Crippen LogP contribution in [0.15, 0.2) is 0 Å². The zero-order valence-corrected chi connectivity index (χ0v) is 11.6. The molecule has 3 unspecified atom stereocenters. The molecule has 0 aliphatic carbocycles. The standard InChI is InChI=1S/C13H22N2OS/c1-13(2)10-7-14-6-9(10)8-15(13)12(16)11-4-3-5-17-11/h9-11,14H,3-8H2,1-2H3. The molecular weight excluding hydrogens is 232 g/mol. The molecule has 1 N–H and O–H groups in total. The third-order valence-electron chi connectivity index (χ3n) is 4.83. The fourth-order valence-corrected chi connectivity index (χ4v) is 4.96. The second-order valence-corrected chi connectivity index (χ2v) is 7.44. The Morgan fingerprint density at radius 3 is 2.88 bits per heavy atom. The minimum absolute atomic E-state index is 0.0500. The number of nitrogens with zero attached hydrogens (tertiary/aromatic N) is 1. The minimum atomic E-state index is 0.0500. The van der Waals surface area contributed by atoms with Crippen molar-refractivity contribution < 1.29 is 4.79 Å². The van der Waals surface area contributed by atoms with Gasteiger partial charge in [-0.05, 0) is 44.3 Å². The third-order valence-corrected chi connectivity index (χ3v) is 6.20. The van der Waals surface area contributed by atoms with Crippen molar-refractivity contribution in [3.8, 4) is 0 Å². The molecule has 3 saturated heterocycles. The summed E-state index contributed by atoms with van der Waals surface area (Å²) in [6.07, 6.45) is 2.30. The van der Waals surface area contributed by atoms with Crippen molar-refractivity contribution in [2.24, 2.45) is 11.8 Å². The number of hydrogen-bond donors (Lipinski definition) is 1. The summed E-state index contributed by atoms with van der Waals surface area (Å²) in [5.74, 6) is 2.91. The first-order valence-corrected chi connectivity index (χ1v) is 7.79. The van der Waals surface area contributed by atoms with Crippen molar-refractivity contribution in [1.29, 1.82) is 0 Å². The van der Waals surface area contributed by atoms with Crippen LogP contribution in [0.25, 0.3) is 0 Å². The van der Waals surface area contributed by atoms with Crippen molar-refractivity contribution in [2.45, 2.75) is 37.5 Å². The average molecular weight is 254 g/mol. The molecule has 0 spiro atoms. The van der Waals surface area contributed by atoms with Crippen LogP contribution in [0, 0.1) is 11.8 Å². The quantitative estimate of drug-likeness (QED) is 0.766. The Morgan fingerprint density at radius 1 is 1.41 bits per heavy atom. The van der Waals surface area contributed by atoms with Gasteiger partial charge in [-0.2, -0.15) is 0 Å². The highest BCUT2D eigenvalue weighted by Crippen LogP contribution is 2.42. The number of hydrogen-bond acceptors (Lipinski definition) is 3. The fourth-order valence-electron chi connectivity index (χ4n) is 3.74. The van der Waals surface area contributed by atoms with E-state index in [9.17, 15) is 4.79 Å². The number of amides is 1. The molecule has 0 aromatic rings. The van der Waals surface area contributed by atoms with Crippen LogP contribution in [0.4, 0.5) is 0 Å². The maximum absolute atomic E-state index is 12.6. The number of fused-ring (bicyclic) bond motifs is 1. The predicted octanol–water partition coefficient (Wildman–Crippen LogP) is 1.34. The molecule has 3 rings (SSSR count). The molecule has 1 amide bonds. The van der Waals surface area contributed by atoms with Crippen LogP contribution in [0.5, 0.6) is 0 Å². The van der Waals surface area contributed by atoms with Crippen LogP contribution in [0.1, 0.15) is 26.7 Å². The van der Waals surface area contributed by atoms with Crippen molar-refractivity contribution in [3.63, 3.8) is 0 Å². The first-order valence-electron chi connectivity index (χ1n) is 6.74. The van der Waals surface area contributed by atoms with Crippen LogP contribution in [-0.4, -0.2) is 47.0 Å². The minimum Gasteiger partial charge on any atom is -0.336 e. The SMILES string of the molecule is CC1(C)C2CNCC2CN1C(=O)C1CCCS1. The topological polar surface area (TPSA) is 32.3 Å². The van der Waals surface area contributed by atoms with Gasteiger partial charge in [-0.25, -0.2) is 0 Å². The maximum atomic E-state index is 12.6. The second-order valence-electron chi connectivity index (χ2n) is 6.13. The van der Waals surface area contributed by atoms with Gasteiger partial charge in [0.15, 0.2) is 0 Å². The largest absolute Gasteiger partial charge is 0.336 e. The molecule has 0 aromatic heterocycles. The number of rotatable bonds is 1. The lowest BCUT2D eigenvalue weighted by atomic mass is 9.85. The second kappa shape index (κ2) is 4.16. The summed E-state index contributed by atoms with van der Waals surface area (Å²) in [7, 11) is 0. The highest BCUT2D eigenvalue weighted by Gasteiger charge is 2.52. The Labute approximate surface area is 108 Å². The van der Waals surface area contributed by atoms with Gasteiger partial charge < -0.3 is 10.2 Å². The van der Waals surface area contributed by atoms with Crippen molar-refractivity contribution in [3.05, 3.63) is 0 Å². The molecule has 3 aliphatic rings. The summed E-state index contributed by atoms with van der Waals surface area (Å²) in [5, 5.41) is 3.72. The summed E-state index contributed by atoms with van der Waals surface area (Å²) in [5.41, 5.74) is 0.0500. The zero-order valence-electron chi connectivity index (χ0n) is 10.7. The smallest absolute Gasteiger partial charge is 0.236 e. The van der Waals surface area contributed by atoms with E-state index in [2.05, 4.69) is 24.1 Å². The highest BCUT2D eigenvalue weighted by molar-refractivity contribution is 8.00. The Bertz CT molecular complexity index is 325. The normalized spacial score (nSPS) is 39.6. The Kier molecular flexibility index (Phi) is 2.90. The third kappa shape index (κ3) is 1.80. The maximum Gasteiger partial charge on any atom is 0.236 e. The first kappa shape index (κ1) is 11.8. The van der Waals surface area contributed by atoms with Crippen molar-refractivity contribution in [1.82, 2.24) is 10.2 Å². The lowest BCUT2D eigenvalue weighted by Gasteiger charge is -2.37. The van der Waals surface area contributed by atoms with Gasteiger partial charge in [-0.1, -0.05) is 0 Å². The average Bonchev–Trinajstić information content (AvgIpc) is 2.97. The van der Waals surface area contributed by atoms with Gasteiger partial charge in [0, 0.05) is 25.2 Å². The fraction of sp³-hybridized carbons (Fsp3) is 0.923. The predicted molar refractivity (Wildman–Crippen MR) is 71.1 cm³/mol. The zero-order chi connectivity index (χ0) is 12.0. The lowest BCUT2D eigenvalue weighted by molar-refractivity contribution is -0.134. The molecule has 3 nitrogen and oxygen atoms in total. The van der Waals surface area contributed by atoms with E-state index >= 15 is 0 Å². The van der Waals surface area contributed by atoms with Crippen LogP contribution in [-0.2, 0) is 4.79 Å². The molecule has 0 saturated carbocycles. The van der Waals surface area contributed by atoms with Gasteiger partial charge in [-0.15, -0.1) is 11.8 Å². The molecule has 0 radical (unpaired) electrons. The molecule has 17 heavy (non-hydrogen) atoms. The van der Waals surface area contributed by atoms with Crippen molar-refractivity contribution >= 4 is 17.7 Å². The molecule has 4 heteroatoms. The monoisotopic (exact) mass is 254 g/mol. The summed E-state index contributed by atoms with van der Waals surface area (Å²) in [6.45, 7) is 7.65. The van der Waals surface area contributed by atoms with Gasteiger partial charge in [0.2, 0.25) is 5.91 Å². The van der Waals surface area contributed by atoms with E-state index in [4.69, 9.17) is 0 Å². The van der Waals surface area contributed by atoms with E-state index in [0.717, 1.165) is 26.1 Å². The summed E-state index contributed by atoms with van der Waals surface area (Å²) >= 11 is 1.86. The number of carbonyl (C=O) groups excluding carboxylic acids is 1. The van der Waals surface area contributed by atoms with E-state index in [-0.39, 0.29) is 10.8 Å². The van der Waals surface area contributed by atoms with Gasteiger partial charge in [-0.3, -0.25) is 4.79 Å². The lowest BCUT2D eigenvalue weighted by Crippen LogP contribution is -2.50. The first-order chi connectivity index (χ1) is 8.10. The number of carbonyl (C=O) groups is 1. The molecule has 96 valence electrons. The number of nitrogens with one attached hydrogen (secondary N) is 1. The molecule has 3 fully saturated rings. The van der Waals surface area contributed by atoms with E-state index in [1.807, 2.05) is 11.8 Å². The Morgan fingerprint density at radius 2 is 2.24 bits per heavy atom. The van der Waals surface area contributed by atoms with E-state index < -0.39 is 0 Å². The molecule has 3 aliphatic heterocycles. The number of likely N-dealkylation sites (tertiary alicyclic amines) is 1. The Hall–Kier alpha value is -0.220. The number of thioether (sulfide) groups is 1. The molecule has 0 aromatic carbocycles. The van der Waals surface area contributed by atoms with E-state index in [1.54, 1.807) is 0 Å². The van der Waals surface area contributed by atoms with Gasteiger partial charge in [0.05, 0.1) is 5.25 Å². The summed E-state index contributed by atoms with van der Waals surface area (Å²) < 4.78 is 0. The van der Waals surface area contributed by atoms with E-state index in [0.29, 0.717) is 17.7 Å². The summed E-state index contributed by atoms with van der Waals surface area (Å²) in [4.78, 5) is 14.8. The van der Waals surface area contributed by atoms with Crippen molar-refractivity contribution in [2.75, 3.05) is 25.4 Å². The van der Waals surface area contributed by atoms with Crippen LogP contribution >= 0.6 is 11.8 Å². The van der Waals surface area contributed by atoms with Crippen LogP contribution in [0.2, 0.25) is 0 Å². The van der Waals surface area contributed by atoms with E-state index in [1.165, 1.54) is 12.2 Å². The molecule has 0 bridgehead atoms. The molecule has 3 heterocycles. The highest BCUT2D eigenvalue weighted by atomic mass is 32.2. The molecule has 3 atom stereocenters. The Balaban J connectivity index is 1.77.